The molecule has 0 fully saturated rings. The number of carboxylic acids is 1. The number of rotatable bonds is 11. The predicted molar refractivity (Wildman–Crippen MR) is 198 cm³/mol. The molecule has 252 valence electrons. The van der Waals surface area contributed by atoms with Crippen LogP contribution in [0.25, 0.3) is 28.0 Å². The number of benzene rings is 2. The molecule has 1 amide bonds. The fourth-order valence-corrected chi connectivity index (χ4v) is 4.65. The van der Waals surface area contributed by atoms with Gasteiger partial charge in [0.25, 0.3) is 5.91 Å². The summed E-state index contributed by atoms with van der Waals surface area (Å²) in [7, 11) is 0. The highest BCUT2D eigenvalue weighted by Crippen LogP contribution is 2.28. The summed E-state index contributed by atoms with van der Waals surface area (Å²) in [6.07, 6.45) is 8.20. The Bertz CT molecular complexity index is 1540. The minimum atomic E-state index is -0.943. The Morgan fingerprint density at radius 1 is 0.915 bits per heavy atom. The molecule has 0 aliphatic rings. The van der Waals surface area contributed by atoms with E-state index in [1.165, 1.54) is 5.57 Å². The SMILES string of the molecule is C/C(Cl)=C\CCl.C/C=C(\CC)c1cc(-c2ccc(-c3ccncc3)cc2)n(Cc2ccc(C(=O)NCCC(=O)O)cc2)n1.CC.CC. The second kappa shape index (κ2) is 23.2. The summed E-state index contributed by atoms with van der Waals surface area (Å²) in [5.41, 5.74) is 7.95. The molecule has 2 N–H and O–H groups in total. The number of nitrogens with zero attached hydrogens (tertiary/aromatic N) is 3. The number of amides is 1. The fourth-order valence-electron chi connectivity index (χ4n) is 4.26. The fraction of sp³-hybridized carbons (Fsp3) is 0.316. The minimum Gasteiger partial charge on any atom is -0.481 e. The predicted octanol–water partition coefficient (Wildman–Crippen LogP) is 10.1. The van der Waals surface area contributed by atoms with Gasteiger partial charge in [0.15, 0.2) is 0 Å². The monoisotopic (exact) mass is 678 g/mol. The smallest absolute Gasteiger partial charge is 0.305 e. The number of hydrogen-bond acceptors (Lipinski definition) is 4. The van der Waals surface area contributed by atoms with E-state index in [0.717, 1.165) is 45.1 Å². The Kier molecular flexibility index (Phi) is 20.1. The van der Waals surface area contributed by atoms with Gasteiger partial charge in [0.1, 0.15) is 0 Å². The molecule has 4 rings (SSSR count). The van der Waals surface area contributed by atoms with E-state index < -0.39 is 5.97 Å². The van der Waals surface area contributed by atoms with Gasteiger partial charge >= 0.3 is 5.97 Å². The molecule has 0 saturated carbocycles. The van der Waals surface area contributed by atoms with E-state index in [2.05, 4.69) is 53.6 Å². The van der Waals surface area contributed by atoms with Crippen molar-refractivity contribution in [1.82, 2.24) is 20.1 Å². The van der Waals surface area contributed by atoms with E-state index in [-0.39, 0.29) is 18.9 Å². The zero-order valence-corrected chi connectivity index (χ0v) is 30.1. The largest absolute Gasteiger partial charge is 0.481 e. The molecule has 0 bridgehead atoms. The number of allylic oxidation sites excluding steroid dienone is 4. The maximum atomic E-state index is 12.3. The average molecular weight is 680 g/mol. The quantitative estimate of drug-likeness (QED) is 0.154. The Labute approximate surface area is 290 Å². The molecule has 0 radical (unpaired) electrons. The van der Waals surface area contributed by atoms with Crippen molar-refractivity contribution in [3.63, 3.8) is 0 Å². The number of aliphatic carboxylic acids is 1. The highest BCUT2D eigenvalue weighted by atomic mass is 35.5. The maximum absolute atomic E-state index is 12.3. The van der Waals surface area contributed by atoms with Gasteiger partial charge in [0, 0.05) is 35.4 Å². The average Bonchev–Trinajstić information content (AvgIpc) is 3.51. The van der Waals surface area contributed by atoms with Crippen LogP contribution < -0.4 is 5.32 Å². The molecule has 0 saturated heterocycles. The first-order valence-electron chi connectivity index (χ1n) is 16.0. The number of nitrogens with one attached hydrogen (secondary N) is 1. The third-order valence-electron chi connectivity index (χ3n) is 6.56. The highest BCUT2D eigenvalue weighted by Gasteiger charge is 2.14. The van der Waals surface area contributed by atoms with E-state index in [4.69, 9.17) is 33.4 Å². The van der Waals surface area contributed by atoms with Crippen LogP contribution in [0, 0.1) is 0 Å². The Morgan fingerprint density at radius 2 is 1.49 bits per heavy atom. The van der Waals surface area contributed by atoms with Crippen LogP contribution >= 0.6 is 23.2 Å². The number of hydrogen-bond donors (Lipinski definition) is 2. The zero-order chi connectivity index (χ0) is 35.2. The summed E-state index contributed by atoms with van der Waals surface area (Å²) in [6.45, 7) is 14.6. The van der Waals surface area contributed by atoms with E-state index in [1.807, 2.05) is 63.6 Å². The van der Waals surface area contributed by atoms with Crippen molar-refractivity contribution < 1.29 is 14.7 Å². The molecule has 2 aromatic carbocycles. The third-order valence-corrected chi connectivity index (χ3v) is 6.87. The summed E-state index contributed by atoms with van der Waals surface area (Å²) in [5, 5.41) is 17.1. The van der Waals surface area contributed by atoms with Crippen LogP contribution in [0.5, 0.6) is 0 Å². The van der Waals surface area contributed by atoms with Gasteiger partial charge in [-0.05, 0) is 78.4 Å². The van der Waals surface area contributed by atoms with Crippen LogP contribution in [-0.4, -0.2) is 44.2 Å². The van der Waals surface area contributed by atoms with Crippen molar-refractivity contribution in [2.75, 3.05) is 12.4 Å². The number of carbonyl (C=O) groups is 2. The molecule has 0 aliphatic carbocycles. The van der Waals surface area contributed by atoms with E-state index in [0.29, 0.717) is 18.0 Å². The van der Waals surface area contributed by atoms with Crippen molar-refractivity contribution in [1.29, 1.82) is 0 Å². The summed E-state index contributed by atoms with van der Waals surface area (Å²) < 4.78 is 2.00. The van der Waals surface area contributed by atoms with Crippen LogP contribution in [0.3, 0.4) is 0 Å². The first kappa shape index (κ1) is 40.8. The van der Waals surface area contributed by atoms with Crippen molar-refractivity contribution in [3.8, 4) is 22.4 Å². The van der Waals surface area contributed by atoms with Gasteiger partial charge in [-0.25, -0.2) is 0 Å². The first-order valence-corrected chi connectivity index (χ1v) is 16.9. The maximum Gasteiger partial charge on any atom is 0.305 e. The third kappa shape index (κ3) is 14.0. The molecule has 0 atom stereocenters. The molecule has 9 heteroatoms. The lowest BCUT2D eigenvalue weighted by Gasteiger charge is -2.10. The molecule has 47 heavy (non-hydrogen) atoms. The van der Waals surface area contributed by atoms with Gasteiger partial charge in [-0.15, -0.1) is 11.6 Å². The summed E-state index contributed by atoms with van der Waals surface area (Å²) in [4.78, 5) is 27.0. The van der Waals surface area contributed by atoms with Crippen LogP contribution in [0.1, 0.15) is 82.9 Å². The Balaban J connectivity index is 0.000000979. The Morgan fingerprint density at radius 3 is 1.98 bits per heavy atom. The van der Waals surface area contributed by atoms with Gasteiger partial charge < -0.3 is 10.4 Å². The van der Waals surface area contributed by atoms with Crippen molar-refractivity contribution in [3.05, 3.63) is 113 Å². The number of pyridine rings is 1. The number of carboxylic acid groups (broad SMARTS) is 1. The zero-order valence-electron chi connectivity index (χ0n) is 28.6. The summed E-state index contributed by atoms with van der Waals surface area (Å²) >= 11 is 10.6. The molecular weight excluding hydrogens is 631 g/mol. The second-order valence-electron chi connectivity index (χ2n) is 9.59. The van der Waals surface area contributed by atoms with Crippen molar-refractivity contribution in [2.45, 2.75) is 67.9 Å². The van der Waals surface area contributed by atoms with Gasteiger partial charge in [0.2, 0.25) is 0 Å². The molecule has 4 aromatic rings. The molecule has 7 nitrogen and oxygen atoms in total. The van der Waals surface area contributed by atoms with Gasteiger partial charge in [-0.2, -0.15) is 5.10 Å². The lowest BCUT2D eigenvalue weighted by atomic mass is 10.0. The minimum absolute atomic E-state index is 0.0972. The van der Waals surface area contributed by atoms with Crippen LogP contribution in [0.4, 0.5) is 0 Å². The Hall–Kier alpha value is -4.20. The number of halogens is 2. The standard InChI is InChI=1S/C30H30N4O3.C4H6Cl2.2C2H6/c1-3-22(4-2)27-19-28(25-11-9-23(10-12-25)24-13-16-31-17-14-24)34(33-27)20-21-5-7-26(8-6-21)30(37)32-18-15-29(35)36;1-4(6)2-3-5;2*1-2/h3,5-14,16-17,19H,4,15,18,20H2,1-2H3,(H,32,37)(H,35,36);2H,3H2,1H3;2*1-2H3/b22-3+;4-2+;;. The van der Waals surface area contributed by atoms with E-state index in [1.54, 1.807) is 37.5 Å². The van der Waals surface area contributed by atoms with E-state index in [9.17, 15) is 9.59 Å². The number of aromatic nitrogens is 3. The molecule has 0 spiro atoms. The topological polar surface area (TPSA) is 97.1 Å². The second-order valence-corrected chi connectivity index (χ2v) is 10.5. The number of alkyl halides is 1. The molecule has 0 unspecified atom stereocenters. The van der Waals surface area contributed by atoms with Crippen molar-refractivity contribution in [2.24, 2.45) is 0 Å². The van der Waals surface area contributed by atoms with Crippen LogP contribution in [0.2, 0.25) is 0 Å². The molecule has 2 aromatic heterocycles. The lowest BCUT2D eigenvalue weighted by molar-refractivity contribution is -0.136. The van der Waals surface area contributed by atoms with Crippen molar-refractivity contribution >= 4 is 40.7 Å². The van der Waals surface area contributed by atoms with Crippen LogP contribution in [-0.2, 0) is 11.3 Å². The van der Waals surface area contributed by atoms with Crippen LogP contribution in [0.15, 0.2) is 96.3 Å². The number of carbonyl (C=O) groups excluding carboxylic acids is 1. The lowest BCUT2D eigenvalue weighted by Crippen LogP contribution is -2.25. The summed E-state index contributed by atoms with van der Waals surface area (Å²) in [5.74, 6) is -0.721. The first-order chi connectivity index (χ1) is 22.7. The molecular formula is C38H48Cl2N4O3. The van der Waals surface area contributed by atoms with E-state index >= 15 is 0 Å². The molecule has 2 heterocycles. The van der Waals surface area contributed by atoms with Gasteiger partial charge in [0.05, 0.1) is 24.4 Å². The van der Waals surface area contributed by atoms with Gasteiger partial charge in [-0.3, -0.25) is 19.3 Å². The van der Waals surface area contributed by atoms with Gasteiger partial charge in [-0.1, -0.05) is 94.8 Å². The normalized spacial score (nSPS) is 10.7. The molecule has 0 aliphatic heterocycles. The highest BCUT2D eigenvalue weighted by molar-refractivity contribution is 6.30. The summed E-state index contributed by atoms with van der Waals surface area (Å²) in [6, 6.07) is 21.9.